The summed E-state index contributed by atoms with van der Waals surface area (Å²) in [4.78, 5) is 14.3. The number of fused-ring (bicyclic) bond motifs is 1. The number of alkyl halides is 3. The van der Waals surface area contributed by atoms with E-state index in [9.17, 15) is 26.7 Å². The van der Waals surface area contributed by atoms with Crippen molar-refractivity contribution in [3.8, 4) is 5.75 Å². The molecule has 1 aliphatic heterocycles. The normalized spacial score (nSPS) is 23.2. The van der Waals surface area contributed by atoms with Gasteiger partial charge in [-0.05, 0) is 54.2 Å². The average molecular weight is 426 g/mol. The summed E-state index contributed by atoms with van der Waals surface area (Å²) in [6, 6.07) is 8.33. The van der Waals surface area contributed by atoms with Gasteiger partial charge in [0.15, 0.2) is 0 Å². The van der Waals surface area contributed by atoms with Gasteiger partial charge in [0, 0.05) is 37.3 Å². The summed E-state index contributed by atoms with van der Waals surface area (Å²) in [5.41, 5.74) is 0.410. The van der Waals surface area contributed by atoms with Crippen molar-refractivity contribution >= 4 is 5.91 Å². The molecular weight excluding hydrogens is 407 g/mol. The highest BCUT2D eigenvalue weighted by atomic mass is 19.4. The Bertz CT molecular complexity index is 937. The van der Waals surface area contributed by atoms with Crippen molar-refractivity contribution in [1.82, 2.24) is 10.2 Å². The second-order valence-corrected chi connectivity index (χ2v) is 7.71. The minimum absolute atomic E-state index is 0.0887. The van der Waals surface area contributed by atoms with Crippen molar-refractivity contribution in [3.05, 3.63) is 65.2 Å². The molecule has 2 atom stereocenters. The number of likely N-dealkylation sites (tertiary alicyclic amines) is 1. The van der Waals surface area contributed by atoms with Crippen molar-refractivity contribution in [3.63, 3.8) is 0 Å². The fourth-order valence-electron chi connectivity index (χ4n) is 4.22. The molecule has 2 fully saturated rings. The Morgan fingerprint density at radius 2 is 1.83 bits per heavy atom. The van der Waals surface area contributed by atoms with Gasteiger partial charge in [0.25, 0.3) is 5.91 Å². The maximum Gasteiger partial charge on any atom is 0.573 e. The van der Waals surface area contributed by atoms with Crippen LogP contribution >= 0.6 is 0 Å². The molecule has 1 saturated heterocycles. The quantitative estimate of drug-likeness (QED) is 0.711. The lowest BCUT2D eigenvalue weighted by molar-refractivity contribution is -0.274. The largest absolute Gasteiger partial charge is 0.573 e. The number of nitrogens with one attached hydrogen (secondary N) is 1. The minimum atomic E-state index is -4.82. The molecule has 2 unspecified atom stereocenters. The van der Waals surface area contributed by atoms with E-state index in [2.05, 4.69) is 15.0 Å². The van der Waals surface area contributed by atoms with Crippen LogP contribution < -0.4 is 10.1 Å². The fraction of sp³-hybridized carbons (Fsp3) is 0.381. The molecule has 0 spiro atoms. The SMILES string of the molecule is O=C(NCC1C2CN(Cc3cc(F)ccc3F)CC12)c1cccc(OC(F)(F)F)c1. The van der Waals surface area contributed by atoms with E-state index < -0.39 is 29.7 Å². The zero-order valence-corrected chi connectivity index (χ0v) is 15.8. The van der Waals surface area contributed by atoms with Gasteiger partial charge in [0.2, 0.25) is 0 Å². The van der Waals surface area contributed by atoms with Crippen LogP contribution in [0.3, 0.4) is 0 Å². The number of ether oxygens (including phenoxy) is 1. The standard InChI is InChI=1S/C21H19F5N2O2/c22-14-4-5-19(23)13(6-14)9-28-10-17-16(18(17)11-28)8-27-20(29)12-2-1-3-15(7-12)30-21(24,25)26/h1-7,16-18H,8-11H2,(H,27,29). The average Bonchev–Trinajstić information content (AvgIpc) is 3.12. The predicted molar refractivity (Wildman–Crippen MR) is 97.6 cm³/mol. The van der Waals surface area contributed by atoms with Gasteiger partial charge in [-0.1, -0.05) is 6.07 Å². The monoisotopic (exact) mass is 426 g/mol. The number of piperidine rings is 1. The highest BCUT2D eigenvalue weighted by Crippen LogP contribution is 2.51. The first kappa shape index (κ1) is 20.6. The van der Waals surface area contributed by atoms with E-state index in [-0.39, 0.29) is 11.5 Å². The molecule has 1 aliphatic carbocycles. The van der Waals surface area contributed by atoms with Crippen LogP contribution in [0.4, 0.5) is 22.0 Å². The van der Waals surface area contributed by atoms with Crippen molar-refractivity contribution in [1.29, 1.82) is 0 Å². The summed E-state index contributed by atoms with van der Waals surface area (Å²) in [6.07, 6.45) is -4.82. The third-order valence-electron chi connectivity index (χ3n) is 5.68. The number of amides is 1. The van der Waals surface area contributed by atoms with Gasteiger partial charge in [-0.15, -0.1) is 13.2 Å². The van der Waals surface area contributed by atoms with Gasteiger partial charge >= 0.3 is 6.36 Å². The van der Waals surface area contributed by atoms with Crippen molar-refractivity contribution in [2.45, 2.75) is 12.9 Å². The summed E-state index contributed by atoms with van der Waals surface area (Å²) >= 11 is 0. The molecule has 1 N–H and O–H groups in total. The molecule has 9 heteroatoms. The number of nitrogens with zero attached hydrogens (tertiary/aromatic N) is 1. The summed E-state index contributed by atoms with van der Waals surface area (Å²) < 4.78 is 67.9. The summed E-state index contributed by atoms with van der Waals surface area (Å²) in [7, 11) is 0. The molecule has 0 radical (unpaired) electrons. The summed E-state index contributed by atoms with van der Waals surface area (Å²) in [5.74, 6) is -0.815. The molecule has 1 heterocycles. The molecule has 160 valence electrons. The van der Waals surface area contributed by atoms with Crippen LogP contribution in [0.5, 0.6) is 5.75 Å². The van der Waals surface area contributed by atoms with E-state index in [1.165, 1.54) is 18.2 Å². The summed E-state index contributed by atoms with van der Waals surface area (Å²) in [6.45, 7) is 2.22. The Morgan fingerprint density at radius 1 is 1.10 bits per heavy atom. The Labute approximate surface area is 169 Å². The van der Waals surface area contributed by atoms with Crippen molar-refractivity contribution < 1.29 is 31.5 Å². The van der Waals surface area contributed by atoms with E-state index in [4.69, 9.17) is 0 Å². The van der Waals surface area contributed by atoms with Gasteiger partial charge < -0.3 is 10.1 Å². The Hall–Kier alpha value is -2.68. The lowest BCUT2D eigenvalue weighted by atomic mass is 10.1. The van der Waals surface area contributed by atoms with Gasteiger partial charge in [0.1, 0.15) is 17.4 Å². The Balaban J connectivity index is 1.25. The third-order valence-corrected chi connectivity index (χ3v) is 5.68. The van der Waals surface area contributed by atoms with Gasteiger partial charge in [-0.3, -0.25) is 9.69 Å². The van der Waals surface area contributed by atoms with Crippen LogP contribution in [0.2, 0.25) is 0 Å². The number of rotatable bonds is 6. The van der Waals surface area contributed by atoms with E-state index in [1.807, 2.05) is 0 Å². The highest BCUT2D eigenvalue weighted by Gasteiger charge is 2.55. The lowest BCUT2D eigenvalue weighted by Gasteiger charge is -2.20. The number of hydrogen-bond donors (Lipinski definition) is 1. The molecule has 30 heavy (non-hydrogen) atoms. The first-order valence-corrected chi connectivity index (χ1v) is 9.50. The maximum absolute atomic E-state index is 13.8. The predicted octanol–water partition coefficient (Wildman–Crippen LogP) is 3.97. The topological polar surface area (TPSA) is 41.6 Å². The molecule has 4 nitrogen and oxygen atoms in total. The van der Waals surface area contributed by atoms with Gasteiger partial charge in [-0.25, -0.2) is 8.78 Å². The van der Waals surface area contributed by atoms with Crippen LogP contribution in [0.15, 0.2) is 42.5 Å². The molecule has 2 aromatic rings. The first-order chi connectivity index (χ1) is 14.2. The molecule has 4 rings (SSSR count). The molecular formula is C21H19F5N2O2. The number of carbonyl (C=O) groups excluding carboxylic acids is 1. The van der Waals surface area contributed by atoms with Crippen LogP contribution in [-0.4, -0.2) is 36.8 Å². The van der Waals surface area contributed by atoms with Gasteiger partial charge in [-0.2, -0.15) is 0 Å². The number of carbonyl (C=O) groups is 1. The minimum Gasteiger partial charge on any atom is -0.406 e. The Morgan fingerprint density at radius 3 is 2.53 bits per heavy atom. The fourth-order valence-corrected chi connectivity index (χ4v) is 4.22. The molecule has 1 saturated carbocycles. The number of benzene rings is 2. The highest BCUT2D eigenvalue weighted by molar-refractivity contribution is 5.94. The van der Waals surface area contributed by atoms with E-state index in [0.29, 0.717) is 30.5 Å². The van der Waals surface area contributed by atoms with Crippen molar-refractivity contribution in [2.75, 3.05) is 19.6 Å². The Kier molecular flexibility index (Phi) is 5.40. The smallest absolute Gasteiger partial charge is 0.406 e. The number of halogens is 5. The number of hydrogen-bond acceptors (Lipinski definition) is 3. The zero-order valence-electron chi connectivity index (χ0n) is 15.8. The maximum atomic E-state index is 13.8. The second kappa shape index (κ2) is 7.86. The second-order valence-electron chi connectivity index (χ2n) is 7.71. The van der Waals surface area contributed by atoms with E-state index in [1.54, 1.807) is 0 Å². The van der Waals surface area contributed by atoms with Crippen LogP contribution in [0, 0.1) is 29.4 Å². The van der Waals surface area contributed by atoms with Crippen LogP contribution in [0.1, 0.15) is 15.9 Å². The van der Waals surface area contributed by atoms with Crippen LogP contribution in [0.25, 0.3) is 0 Å². The lowest BCUT2D eigenvalue weighted by Crippen LogP contribution is -2.30. The first-order valence-electron chi connectivity index (χ1n) is 9.50. The van der Waals surface area contributed by atoms with E-state index >= 15 is 0 Å². The van der Waals surface area contributed by atoms with E-state index in [0.717, 1.165) is 37.4 Å². The molecule has 0 bridgehead atoms. The van der Waals surface area contributed by atoms with Crippen LogP contribution in [-0.2, 0) is 6.54 Å². The molecule has 0 aromatic heterocycles. The summed E-state index contributed by atoms with van der Waals surface area (Å²) in [5, 5.41) is 2.76. The third kappa shape index (κ3) is 4.72. The molecule has 2 aromatic carbocycles. The molecule has 1 amide bonds. The van der Waals surface area contributed by atoms with Gasteiger partial charge in [0.05, 0.1) is 0 Å². The van der Waals surface area contributed by atoms with Crippen molar-refractivity contribution in [2.24, 2.45) is 17.8 Å². The zero-order chi connectivity index (χ0) is 21.5. The molecule has 2 aliphatic rings.